The molecule has 0 radical (unpaired) electrons. The van der Waals surface area contributed by atoms with Crippen molar-refractivity contribution in [2.24, 2.45) is 5.92 Å². The average molecular weight is 183 g/mol. The van der Waals surface area contributed by atoms with E-state index in [0.717, 1.165) is 10.5 Å². The van der Waals surface area contributed by atoms with E-state index in [1.807, 2.05) is 19.9 Å². The Morgan fingerprint density at radius 1 is 1.62 bits per heavy atom. The lowest BCUT2D eigenvalue weighted by Crippen LogP contribution is -2.30. The van der Waals surface area contributed by atoms with Crippen molar-refractivity contribution in [2.45, 2.75) is 20.3 Å². The molecule has 1 heterocycles. The normalized spacial score (nSPS) is 21.8. The van der Waals surface area contributed by atoms with Crippen LogP contribution < -0.4 is 0 Å². The first-order valence-electron chi connectivity index (χ1n) is 4.19. The lowest BCUT2D eigenvalue weighted by Gasteiger charge is -2.07. The van der Waals surface area contributed by atoms with Gasteiger partial charge in [-0.1, -0.05) is 11.6 Å². The lowest BCUT2D eigenvalue weighted by atomic mass is 10.1. The van der Waals surface area contributed by atoms with Gasteiger partial charge in [0.25, 0.3) is 0 Å². The van der Waals surface area contributed by atoms with Crippen molar-refractivity contribution in [2.75, 3.05) is 6.54 Å². The fourth-order valence-corrected chi connectivity index (χ4v) is 1.50. The van der Waals surface area contributed by atoms with Crippen molar-refractivity contribution < 1.29 is 14.7 Å². The van der Waals surface area contributed by atoms with Crippen LogP contribution in [0.25, 0.3) is 0 Å². The molecule has 4 nitrogen and oxygen atoms in total. The van der Waals surface area contributed by atoms with E-state index in [1.54, 1.807) is 0 Å². The Morgan fingerprint density at radius 3 is 2.62 bits per heavy atom. The van der Waals surface area contributed by atoms with Crippen molar-refractivity contribution in [3.8, 4) is 0 Å². The number of imide groups is 1. The SMILES string of the molecule is CC(C)=CC1CC(=O)N(C(=O)O)C1. The lowest BCUT2D eigenvalue weighted by molar-refractivity contribution is -0.125. The zero-order valence-corrected chi connectivity index (χ0v) is 7.78. The molecule has 0 aromatic heterocycles. The van der Waals surface area contributed by atoms with Gasteiger partial charge in [-0.15, -0.1) is 0 Å². The number of likely N-dealkylation sites (tertiary alicyclic amines) is 1. The molecular weight excluding hydrogens is 170 g/mol. The van der Waals surface area contributed by atoms with Crippen LogP contribution in [0.3, 0.4) is 0 Å². The highest BCUT2D eigenvalue weighted by atomic mass is 16.4. The van der Waals surface area contributed by atoms with E-state index in [2.05, 4.69) is 0 Å². The van der Waals surface area contributed by atoms with Crippen LogP contribution in [0, 0.1) is 5.92 Å². The first-order valence-corrected chi connectivity index (χ1v) is 4.19. The topological polar surface area (TPSA) is 57.6 Å². The minimum atomic E-state index is -1.14. The van der Waals surface area contributed by atoms with Gasteiger partial charge in [0.15, 0.2) is 0 Å². The summed E-state index contributed by atoms with van der Waals surface area (Å²) < 4.78 is 0. The van der Waals surface area contributed by atoms with E-state index < -0.39 is 6.09 Å². The standard InChI is InChI=1S/C9H13NO3/c1-6(2)3-7-4-8(11)10(5-7)9(12)13/h3,7H,4-5H2,1-2H3,(H,12,13). The van der Waals surface area contributed by atoms with Gasteiger partial charge in [-0.05, 0) is 13.8 Å². The number of rotatable bonds is 1. The molecule has 1 unspecified atom stereocenters. The zero-order chi connectivity index (χ0) is 10.0. The van der Waals surface area contributed by atoms with Crippen LogP contribution in [0.15, 0.2) is 11.6 Å². The van der Waals surface area contributed by atoms with Crippen LogP contribution in [-0.2, 0) is 4.79 Å². The first kappa shape index (κ1) is 9.77. The molecule has 72 valence electrons. The Bertz CT molecular complexity index is 266. The fraction of sp³-hybridized carbons (Fsp3) is 0.556. The highest BCUT2D eigenvalue weighted by Crippen LogP contribution is 2.20. The summed E-state index contributed by atoms with van der Waals surface area (Å²) in [7, 11) is 0. The third kappa shape index (κ3) is 2.31. The minimum Gasteiger partial charge on any atom is -0.465 e. The zero-order valence-electron chi connectivity index (χ0n) is 7.78. The summed E-state index contributed by atoms with van der Waals surface area (Å²) in [5.41, 5.74) is 1.12. The second-order valence-electron chi connectivity index (χ2n) is 3.50. The van der Waals surface area contributed by atoms with E-state index in [0.29, 0.717) is 13.0 Å². The fourth-order valence-electron chi connectivity index (χ4n) is 1.50. The van der Waals surface area contributed by atoms with Crippen LogP contribution in [0.5, 0.6) is 0 Å². The van der Waals surface area contributed by atoms with Crippen LogP contribution in [-0.4, -0.2) is 28.6 Å². The van der Waals surface area contributed by atoms with Crippen molar-refractivity contribution in [3.63, 3.8) is 0 Å². The Hall–Kier alpha value is -1.32. The smallest absolute Gasteiger partial charge is 0.414 e. The highest BCUT2D eigenvalue weighted by molar-refractivity contribution is 5.93. The van der Waals surface area contributed by atoms with Gasteiger partial charge in [0, 0.05) is 18.9 Å². The Morgan fingerprint density at radius 2 is 2.23 bits per heavy atom. The molecule has 0 bridgehead atoms. The van der Waals surface area contributed by atoms with Crippen molar-refractivity contribution in [1.29, 1.82) is 0 Å². The van der Waals surface area contributed by atoms with Gasteiger partial charge in [0.05, 0.1) is 0 Å². The van der Waals surface area contributed by atoms with E-state index in [9.17, 15) is 9.59 Å². The molecule has 1 aliphatic rings. The number of carboxylic acid groups (broad SMARTS) is 1. The first-order chi connectivity index (χ1) is 6.00. The van der Waals surface area contributed by atoms with E-state index >= 15 is 0 Å². The molecule has 1 aliphatic heterocycles. The average Bonchev–Trinajstić information content (AvgIpc) is 2.29. The van der Waals surface area contributed by atoms with Gasteiger partial charge in [-0.25, -0.2) is 9.69 Å². The van der Waals surface area contributed by atoms with Crippen LogP contribution in [0.4, 0.5) is 4.79 Å². The number of carbonyl (C=O) groups is 2. The molecule has 1 fully saturated rings. The quantitative estimate of drug-likeness (QED) is 0.626. The van der Waals surface area contributed by atoms with Crippen LogP contribution >= 0.6 is 0 Å². The van der Waals surface area contributed by atoms with Gasteiger partial charge < -0.3 is 5.11 Å². The summed E-state index contributed by atoms with van der Waals surface area (Å²) in [5.74, 6) is -0.233. The third-order valence-corrected chi connectivity index (χ3v) is 1.95. The molecule has 0 aromatic carbocycles. The Labute approximate surface area is 76.8 Å². The van der Waals surface area contributed by atoms with Crippen LogP contribution in [0.2, 0.25) is 0 Å². The van der Waals surface area contributed by atoms with Crippen LogP contribution in [0.1, 0.15) is 20.3 Å². The molecule has 0 aromatic rings. The molecule has 0 spiro atoms. The highest BCUT2D eigenvalue weighted by Gasteiger charge is 2.32. The van der Waals surface area contributed by atoms with Gasteiger partial charge in [0.1, 0.15) is 0 Å². The summed E-state index contributed by atoms with van der Waals surface area (Å²) in [4.78, 5) is 22.5. The van der Waals surface area contributed by atoms with Gasteiger partial charge >= 0.3 is 6.09 Å². The number of amides is 2. The number of allylic oxidation sites excluding steroid dienone is 1. The predicted molar refractivity (Wildman–Crippen MR) is 47.3 cm³/mol. The molecule has 1 N–H and O–H groups in total. The Balaban J connectivity index is 2.66. The maximum absolute atomic E-state index is 11.1. The summed E-state index contributed by atoms with van der Waals surface area (Å²) >= 11 is 0. The van der Waals surface area contributed by atoms with E-state index in [1.165, 1.54) is 0 Å². The van der Waals surface area contributed by atoms with Gasteiger partial charge in [0.2, 0.25) is 5.91 Å². The second kappa shape index (κ2) is 3.60. The molecule has 0 aliphatic carbocycles. The maximum atomic E-state index is 11.1. The van der Waals surface area contributed by atoms with Crippen molar-refractivity contribution in [1.82, 2.24) is 4.90 Å². The van der Waals surface area contributed by atoms with Crippen molar-refractivity contribution in [3.05, 3.63) is 11.6 Å². The second-order valence-corrected chi connectivity index (χ2v) is 3.50. The van der Waals surface area contributed by atoms with E-state index in [-0.39, 0.29) is 11.8 Å². The molecule has 2 amide bonds. The predicted octanol–water partition coefficient (Wildman–Crippen LogP) is 1.48. The Kier molecular flexibility index (Phi) is 2.70. The number of hydrogen-bond donors (Lipinski definition) is 1. The number of carbonyl (C=O) groups excluding carboxylic acids is 1. The molecule has 4 heteroatoms. The third-order valence-electron chi connectivity index (χ3n) is 1.95. The summed E-state index contributed by atoms with van der Waals surface area (Å²) in [6, 6.07) is 0. The molecular formula is C9H13NO3. The van der Waals surface area contributed by atoms with E-state index in [4.69, 9.17) is 5.11 Å². The molecule has 1 atom stereocenters. The monoisotopic (exact) mass is 183 g/mol. The van der Waals surface area contributed by atoms with Gasteiger partial charge in [-0.3, -0.25) is 4.79 Å². The summed E-state index contributed by atoms with van der Waals surface area (Å²) in [6.07, 6.45) is 1.12. The summed E-state index contributed by atoms with van der Waals surface area (Å²) in [5, 5.41) is 8.62. The molecule has 13 heavy (non-hydrogen) atoms. The largest absolute Gasteiger partial charge is 0.465 e. The van der Waals surface area contributed by atoms with Crippen molar-refractivity contribution >= 4 is 12.0 Å². The minimum absolute atomic E-state index is 0.0635. The summed E-state index contributed by atoms with van der Waals surface area (Å²) in [6.45, 7) is 4.18. The molecule has 0 saturated carbocycles. The maximum Gasteiger partial charge on any atom is 0.414 e. The van der Waals surface area contributed by atoms with Gasteiger partial charge in [-0.2, -0.15) is 0 Å². The number of hydrogen-bond acceptors (Lipinski definition) is 2. The number of nitrogens with zero attached hydrogens (tertiary/aromatic N) is 1. The molecule has 1 saturated heterocycles. The molecule has 1 rings (SSSR count).